The second-order valence-electron chi connectivity index (χ2n) is 1.22. The number of hydrogen-bond donors (Lipinski definition) is 0. The molecular weight excluding hydrogens is 191 g/mol. The zero-order valence-electron chi connectivity index (χ0n) is 4.45. The van der Waals surface area contributed by atoms with Crippen molar-refractivity contribution in [2.75, 3.05) is 5.33 Å². The maximum absolute atomic E-state index is 10.3. The molecule has 0 spiro atoms. The minimum Gasteiger partial charge on any atom is -0.276 e. The summed E-state index contributed by atoms with van der Waals surface area (Å²) in [6, 6.07) is 0. The van der Waals surface area contributed by atoms with Crippen LogP contribution in [0.15, 0.2) is 11.6 Å². The van der Waals surface area contributed by atoms with E-state index in [0.29, 0.717) is 10.9 Å². The van der Waals surface area contributed by atoms with Gasteiger partial charge < -0.3 is 0 Å². The Balaban J connectivity index is 3.92. The first-order valence-electron chi connectivity index (χ1n) is 2.13. The summed E-state index contributed by atoms with van der Waals surface area (Å²) in [4.78, 5) is 10.3. The molecule has 0 aromatic rings. The van der Waals surface area contributed by atoms with Crippen LogP contribution in [0.5, 0.6) is 0 Å². The van der Waals surface area contributed by atoms with Gasteiger partial charge in [0.2, 0.25) is 5.24 Å². The van der Waals surface area contributed by atoms with Crippen molar-refractivity contribution >= 4 is 32.8 Å². The van der Waals surface area contributed by atoms with Crippen LogP contribution < -0.4 is 0 Å². The van der Waals surface area contributed by atoms with Crippen LogP contribution >= 0.6 is 27.5 Å². The third-order valence-electron chi connectivity index (χ3n) is 0.745. The molecule has 0 aromatic carbocycles. The summed E-state index contributed by atoms with van der Waals surface area (Å²) in [5, 5.41) is 0.149. The lowest BCUT2D eigenvalue weighted by Crippen LogP contribution is -1.92. The number of carbonyl (C=O) groups is 1. The number of carbonyl (C=O) groups excluding carboxylic acids is 1. The standard InChI is InChI=1S/C5H6BrClO/c1-2-4(3-6)5(7)8/h2H,3H2,1H3/b4-2+. The third kappa shape index (κ3) is 2.48. The number of hydrogen-bond acceptors (Lipinski definition) is 1. The van der Waals surface area contributed by atoms with Crippen molar-refractivity contribution in [3.05, 3.63) is 11.6 Å². The molecule has 0 aliphatic rings. The van der Waals surface area contributed by atoms with E-state index in [0.717, 1.165) is 0 Å². The predicted molar refractivity (Wildman–Crippen MR) is 38.4 cm³/mol. The van der Waals surface area contributed by atoms with Crippen molar-refractivity contribution in [3.8, 4) is 0 Å². The van der Waals surface area contributed by atoms with Crippen LogP contribution in [-0.2, 0) is 4.79 Å². The van der Waals surface area contributed by atoms with E-state index in [1.807, 2.05) is 0 Å². The van der Waals surface area contributed by atoms with Gasteiger partial charge >= 0.3 is 0 Å². The molecule has 0 saturated carbocycles. The Morgan fingerprint density at radius 3 is 2.38 bits per heavy atom. The van der Waals surface area contributed by atoms with Gasteiger partial charge in [-0.05, 0) is 18.5 Å². The molecule has 0 aromatic heterocycles. The van der Waals surface area contributed by atoms with E-state index in [9.17, 15) is 4.79 Å². The van der Waals surface area contributed by atoms with E-state index in [1.54, 1.807) is 13.0 Å². The number of allylic oxidation sites excluding steroid dienone is 2. The molecule has 0 fully saturated rings. The molecule has 0 amide bonds. The monoisotopic (exact) mass is 196 g/mol. The van der Waals surface area contributed by atoms with Gasteiger partial charge in [-0.1, -0.05) is 22.0 Å². The molecule has 0 bridgehead atoms. The topological polar surface area (TPSA) is 17.1 Å². The van der Waals surface area contributed by atoms with Gasteiger partial charge in [0.1, 0.15) is 0 Å². The van der Waals surface area contributed by atoms with Crippen LogP contribution in [0, 0.1) is 0 Å². The first kappa shape index (κ1) is 8.18. The molecule has 1 nitrogen and oxygen atoms in total. The summed E-state index contributed by atoms with van der Waals surface area (Å²) in [7, 11) is 0. The van der Waals surface area contributed by atoms with E-state index in [2.05, 4.69) is 15.9 Å². The molecule has 46 valence electrons. The lowest BCUT2D eigenvalue weighted by molar-refractivity contribution is -0.108. The van der Waals surface area contributed by atoms with Crippen molar-refractivity contribution in [2.24, 2.45) is 0 Å². The smallest absolute Gasteiger partial charge is 0.248 e. The molecule has 0 rings (SSSR count). The minimum atomic E-state index is -0.385. The Bertz CT molecular complexity index is 120. The fraction of sp³-hybridized carbons (Fsp3) is 0.400. The van der Waals surface area contributed by atoms with Crippen molar-refractivity contribution in [3.63, 3.8) is 0 Å². The van der Waals surface area contributed by atoms with Crippen molar-refractivity contribution in [1.29, 1.82) is 0 Å². The van der Waals surface area contributed by atoms with E-state index in [-0.39, 0.29) is 5.24 Å². The minimum absolute atomic E-state index is 0.385. The summed E-state index contributed by atoms with van der Waals surface area (Å²) in [5.74, 6) is 0. The first-order chi connectivity index (χ1) is 3.72. The predicted octanol–water partition coefficient (Wildman–Crippen LogP) is 2.09. The van der Waals surface area contributed by atoms with E-state index < -0.39 is 0 Å². The highest BCUT2D eigenvalue weighted by Gasteiger charge is 1.99. The summed E-state index contributed by atoms with van der Waals surface area (Å²) >= 11 is 8.21. The van der Waals surface area contributed by atoms with Gasteiger partial charge in [-0.15, -0.1) is 0 Å². The van der Waals surface area contributed by atoms with Crippen molar-refractivity contribution in [1.82, 2.24) is 0 Å². The van der Waals surface area contributed by atoms with Gasteiger partial charge in [-0.25, -0.2) is 0 Å². The largest absolute Gasteiger partial charge is 0.276 e. The Morgan fingerprint density at radius 2 is 2.38 bits per heavy atom. The number of rotatable bonds is 2. The van der Waals surface area contributed by atoms with Crippen LogP contribution in [-0.4, -0.2) is 10.6 Å². The fourth-order valence-electron chi connectivity index (χ4n) is 0.243. The zero-order valence-corrected chi connectivity index (χ0v) is 6.79. The highest BCUT2D eigenvalue weighted by Crippen LogP contribution is 2.02. The van der Waals surface area contributed by atoms with Crippen LogP contribution in [0.25, 0.3) is 0 Å². The number of alkyl halides is 1. The molecule has 0 saturated heterocycles. The normalized spacial score (nSPS) is 11.6. The zero-order chi connectivity index (χ0) is 6.57. The van der Waals surface area contributed by atoms with E-state index in [1.165, 1.54) is 0 Å². The van der Waals surface area contributed by atoms with Crippen LogP contribution in [0.1, 0.15) is 6.92 Å². The Morgan fingerprint density at radius 1 is 1.88 bits per heavy atom. The second kappa shape index (κ2) is 4.10. The first-order valence-corrected chi connectivity index (χ1v) is 3.63. The molecule has 0 atom stereocenters. The van der Waals surface area contributed by atoms with Gasteiger partial charge in [0.05, 0.1) is 0 Å². The molecule has 0 heterocycles. The molecule has 0 N–H and O–H groups in total. The lowest BCUT2D eigenvalue weighted by atomic mass is 10.3. The second-order valence-corrected chi connectivity index (χ2v) is 2.13. The summed E-state index contributed by atoms with van der Waals surface area (Å²) in [6.45, 7) is 1.77. The summed E-state index contributed by atoms with van der Waals surface area (Å²) < 4.78 is 0. The molecule has 0 radical (unpaired) electrons. The van der Waals surface area contributed by atoms with Crippen molar-refractivity contribution in [2.45, 2.75) is 6.92 Å². The van der Waals surface area contributed by atoms with Crippen LogP contribution in [0.4, 0.5) is 0 Å². The highest BCUT2D eigenvalue weighted by molar-refractivity contribution is 9.09. The average molecular weight is 197 g/mol. The Hall–Kier alpha value is 0.180. The van der Waals surface area contributed by atoms with E-state index in [4.69, 9.17) is 11.6 Å². The molecule has 3 heteroatoms. The van der Waals surface area contributed by atoms with Gasteiger partial charge in [-0.2, -0.15) is 0 Å². The SMILES string of the molecule is C/C=C(\CBr)C(=O)Cl. The molecular formula is C5H6BrClO. The summed E-state index contributed by atoms with van der Waals surface area (Å²) in [5.41, 5.74) is 0.603. The highest BCUT2D eigenvalue weighted by atomic mass is 79.9. The Kier molecular flexibility index (Phi) is 4.19. The Labute approximate surface area is 61.8 Å². The summed E-state index contributed by atoms with van der Waals surface area (Å²) in [6.07, 6.45) is 1.68. The van der Waals surface area contributed by atoms with Gasteiger partial charge in [-0.3, -0.25) is 4.79 Å². The molecule has 0 aliphatic carbocycles. The fourth-order valence-corrected chi connectivity index (χ4v) is 1.16. The average Bonchev–Trinajstić information content (AvgIpc) is 1.69. The maximum Gasteiger partial charge on any atom is 0.248 e. The molecule has 8 heavy (non-hydrogen) atoms. The van der Waals surface area contributed by atoms with Gasteiger partial charge in [0.25, 0.3) is 0 Å². The van der Waals surface area contributed by atoms with Crippen LogP contribution in [0.3, 0.4) is 0 Å². The van der Waals surface area contributed by atoms with Crippen LogP contribution in [0.2, 0.25) is 0 Å². The molecule has 0 aliphatic heterocycles. The van der Waals surface area contributed by atoms with Gasteiger partial charge in [0, 0.05) is 10.9 Å². The maximum atomic E-state index is 10.3. The van der Waals surface area contributed by atoms with Crippen molar-refractivity contribution < 1.29 is 4.79 Å². The molecule has 0 unspecified atom stereocenters. The van der Waals surface area contributed by atoms with E-state index >= 15 is 0 Å². The van der Waals surface area contributed by atoms with Gasteiger partial charge in [0.15, 0.2) is 0 Å². The lowest BCUT2D eigenvalue weighted by Gasteiger charge is -1.89. The number of halogens is 2. The third-order valence-corrected chi connectivity index (χ3v) is 1.59. The quantitative estimate of drug-likeness (QED) is 0.376.